The van der Waals surface area contributed by atoms with Crippen molar-refractivity contribution in [2.45, 2.75) is 13.1 Å². The van der Waals surface area contributed by atoms with Crippen molar-refractivity contribution in [3.63, 3.8) is 0 Å². The first-order chi connectivity index (χ1) is 11.5. The van der Waals surface area contributed by atoms with Gasteiger partial charge in [-0.15, -0.1) is 0 Å². The molecule has 0 bridgehead atoms. The Morgan fingerprint density at radius 3 is 2.50 bits per heavy atom. The Kier molecular flexibility index (Phi) is 4.92. The molecule has 2 aromatic carbocycles. The Labute approximate surface area is 141 Å². The van der Waals surface area contributed by atoms with Crippen molar-refractivity contribution in [1.29, 1.82) is 0 Å². The van der Waals surface area contributed by atoms with Crippen LogP contribution in [0.2, 0.25) is 0 Å². The van der Waals surface area contributed by atoms with Gasteiger partial charge in [-0.2, -0.15) is 0 Å². The van der Waals surface area contributed by atoms with Gasteiger partial charge in [0.25, 0.3) is 0 Å². The molecule has 2 N–H and O–H groups in total. The van der Waals surface area contributed by atoms with Crippen molar-refractivity contribution >= 4 is 15.7 Å². The second-order valence-corrected chi connectivity index (χ2v) is 7.36. The van der Waals surface area contributed by atoms with E-state index in [4.69, 9.17) is 9.47 Å². The van der Waals surface area contributed by atoms with Crippen molar-refractivity contribution in [3.8, 4) is 11.5 Å². The molecule has 0 saturated carbocycles. The van der Waals surface area contributed by atoms with Crippen LogP contribution < -0.4 is 19.5 Å². The summed E-state index contributed by atoms with van der Waals surface area (Å²) in [6.45, 7) is 2.48. The predicted octanol–water partition coefficient (Wildman–Crippen LogP) is 2.12. The van der Waals surface area contributed by atoms with Crippen LogP contribution in [0.3, 0.4) is 0 Å². The van der Waals surface area contributed by atoms with E-state index in [1.165, 1.54) is 0 Å². The molecule has 0 atom stereocenters. The fraction of sp³-hybridized carbons (Fsp3) is 0.294. The van der Waals surface area contributed by atoms with E-state index < -0.39 is 10.0 Å². The van der Waals surface area contributed by atoms with Gasteiger partial charge in [-0.1, -0.05) is 24.3 Å². The van der Waals surface area contributed by atoms with Crippen LogP contribution >= 0.6 is 0 Å². The third-order valence-corrected chi connectivity index (χ3v) is 4.16. The van der Waals surface area contributed by atoms with Crippen molar-refractivity contribution in [2.24, 2.45) is 0 Å². The largest absolute Gasteiger partial charge is 0.486 e. The zero-order valence-electron chi connectivity index (χ0n) is 13.4. The normalized spacial score (nSPS) is 13.5. The smallest absolute Gasteiger partial charge is 0.229 e. The predicted molar refractivity (Wildman–Crippen MR) is 92.9 cm³/mol. The number of nitrogens with one attached hydrogen (secondary N) is 2. The molecule has 0 aromatic heterocycles. The molecule has 0 fully saturated rings. The Morgan fingerprint density at radius 1 is 1.00 bits per heavy atom. The minimum absolute atomic E-state index is 0.559. The molecule has 2 aromatic rings. The minimum atomic E-state index is -3.24. The molecule has 0 spiro atoms. The molecule has 0 amide bonds. The summed E-state index contributed by atoms with van der Waals surface area (Å²) in [7, 11) is -3.24. The molecule has 1 aliphatic heterocycles. The highest BCUT2D eigenvalue weighted by atomic mass is 32.2. The van der Waals surface area contributed by atoms with Gasteiger partial charge in [-0.05, 0) is 23.8 Å². The first-order valence-electron chi connectivity index (χ1n) is 7.66. The third-order valence-electron chi connectivity index (χ3n) is 3.55. The van der Waals surface area contributed by atoms with Gasteiger partial charge in [-0.3, -0.25) is 4.72 Å². The van der Waals surface area contributed by atoms with Crippen molar-refractivity contribution < 1.29 is 17.9 Å². The summed E-state index contributed by atoms with van der Waals surface area (Å²) in [4.78, 5) is 0. The number of benzene rings is 2. The molecule has 0 unspecified atom stereocenters. The summed E-state index contributed by atoms with van der Waals surface area (Å²) in [6.07, 6.45) is 1.13. The SMILES string of the molecule is CS(=O)(=O)Nc1ccc(CNCc2cccc3c2OCCO3)cc1. The maximum atomic E-state index is 11.2. The number of hydrogen-bond donors (Lipinski definition) is 2. The molecular weight excluding hydrogens is 328 g/mol. The van der Waals surface area contributed by atoms with Gasteiger partial charge in [0.15, 0.2) is 11.5 Å². The summed E-state index contributed by atoms with van der Waals surface area (Å²) in [6, 6.07) is 13.2. The van der Waals surface area contributed by atoms with Gasteiger partial charge in [0, 0.05) is 24.3 Å². The van der Waals surface area contributed by atoms with E-state index in [0.29, 0.717) is 32.0 Å². The first kappa shape index (κ1) is 16.6. The quantitative estimate of drug-likeness (QED) is 0.836. The van der Waals surface area contributed by atoms with Crippen LogP contribution in [-0.2, 0) is 23.1 Å². The van der Waals surface area contributed by atoms with E-state index in [1.807, 2.05) is 30.3 Å². The van der Waals surface area contributed by atoms with Crippen LogP contribution in [0.5, 0.6) is 11.5 Å². The van der Waals surface area contributed by atoms with Crippen LogP contribution in [0.1, 0.15) is 11.1 Å². The number of hydrogen-bond acceptors (Lipinski definition) is 5. The lowest BCUT2D eigenvalue weighted by molar-refractivity contribution is 0.169. The average Bonchev–Trinajstić information content (AvgIpc) is 2.55. The molecule has 24 heavy (non-hydrogen) atoms. The first-order valence-corrected chi connectivity index (χ1v) is 9.55. The zero-order chi connectivity index (χ0) is 17.0. The number of sulfonamides is 1. The summed E-state index contributed by atoms with van der Waals surface area (Å²) in [5.74, 6) is 1.60. The number of fused-ring (bicyclic) bond motifs is 1. The summed E-state index contributed by atoms with van der Waals surface area (Å²) in [5, 5.41) is 3.36. The fourth-order valence-electron chi connectivity index (χ4n) is 2.52. The Hall–Kier alpha value is -2.25. The van der Waals surface area contributed by atoms with Gasteiger partial charge in [-0.25, -0.2) is 8.42 Å². The van der Waals surface area contributed by atoms with Gasteiger partial charge >= 0.3 is 0 Å². The maximum absolute atomic E-state index is 11.2. The number of rotatable bonds is 6. The van der Waals surface area contributed by atoms with Crippen LogP contribution in [0, 0.1) is 0 Å². The molecule has 128 valence electrons. The van der Waals surface area contributed by atoms with E-state index in [2.05, 4.69) is 10.0 Å². The van der Waals surface area contributed by atoms with E-state index in [-0.39, 0.29) is 0 Å². The molecule has 7 heteroatoms. The highest BCUT2D eigenvalue weighted by molar-refractivity contribution is 7.92. The Balaban J connectivity index is 1.57. The molecule has 3 rings (SSSR count). The third kappa shape index (κ3) is 4.39. The van der Waals surface area contributed by atoms with Gasteiger partial charge in [0.05, 0.1) is 6.26 Å². The lowest BCUT2D eigenvalue weighted by atomic mass is 10.1. The summed E-state index contributed by atoms with van der Waals surface area (Å²) < 4.78 is 36.1. The van der Waals surface area contributed by atoms with E-state index in [1.54, 1.807) is 12.1 Å². The van der Waals surface area contributed by atoms with E-state index >= 15 is 0 Å². The highest BCUT2D eigenvalue weighted by Crippen LogP contribution is 2.33. The Bertz CT molecular complexity index is 804. The second kappa shape index (κ2) is 7.11. The second-order valence-electron chi connectivity index (χ2n) is 5.62. The average molecular weight is 348 g/mol. The minimum Gasteiger partial charge on any atom is -0.486 e. The zero-order valence-corrected chi connectivity index (χ0v) is 14.2. The van der Waals surface area contributed by atoms with Crippen LogP contribution in [0.25, 0.3) is 0 Å². The standard InChI is InChI=1S/C17H20N2O4S/c1-24(20,21)19-15-7-5-13(6-8-15)11-18-12-14-3-2-4-16-17(14)23-10-9-22-16/h2-8,18-19H,9-12H2,1H3. The number of para-hydroxylation sites is 1. The fourth-order valence-corrected chi connectivity index (χ4v) is 3.08. The number of ether oxygens (including phenoxy) is 2. The molecule has 1 heterocycles. The van der Waals surface area contributed by atoms with Gasteiger partial charge < -0.3 is 14.8 Å². The van der Waals surface area contributed by atoms with Crippen molar-refractivity contribution in [2.75, 3.05) is 24.2 Å². The number of anilines is 1. The molecular formula is C17H20N2O4S. The van der Waals surface area contributed by atoms with Gasteiger partial charge in [0.2, 0.25) is 10.0 Å². The van der Waals surface area contributed by atoms with E-state index in [0.717, 1.165) is 28.9 Å². The molecule has 0 saturated heterocycles. The van der Waals surface area contributed by atoms with Crippen molar-refractivity contribution in [1.82, 2.24) is 5.32 Å². The Morgan fingerprint density at radius 2 is 1.75 bits per heavy atom. The molecule has 0 radical (unpaired) electrons. The molecule has 0 aliphatic carbocycles. The molecule has 6 nitrogen and oxygen atoms in total. The highest BCUT2D eigenvalue weighted by Gasteiger charge is 2.14. The van der Waals surface area contributed by atoms with Crippen LogP contribution in [0.4, 0.5) is 5.69 Å². The van der Waals surface area contributed by atoms with Crippen LogP contribution in [0.15, 0.2) is 42.5 Å². The summed E-state index contributed by atoms with van der Waals surface area (Å²) >= 11 is 0. The van der Waals surface area contributed by atoms with E-state index in [9.17, 15) is 8.42 Å². The van der Waals surface area contributed by atoms with Crippen molar-refractivity contribution in [3.05, 3.63) is 53.6 Å². The monoisotopic (exact) mass is 348 g/mol. The topological polar surface area (TPSA) is 76.7 Å². The summed E-state index contributed by atoms with van der Waals surface area (Å²) in [5.41, 5.74) is 2.68. The molecule has 1 aliphatic rings. The maximum Gasteiger partial charge on any atom is 0.229 e. The lowest BCUT2D eigenvalue weighted by Crippen LogP contribution is -2.19. The lowest BCUT2D eigenvalue weighted by Gasteiger charge is -2.21. The van der Waals surface area contributed by atoms with Gasteiger partial charge in [0.1, 0.15) is 13.2 Å². The van der Waals surface area contributed by atoms with Crippen LogP contribution in [-0.4, -0.2) is 27.9 Å².